The molecule has 0 radical (unpaired) electrons. The molecule has 0 bridgehead atoms. The summed E-state index contributed by atoms with van der Waals surface area (Å²) >= 11 is 3.28. The summed E-state index contributed by atoms with van der Waals surface area (Å²) in [5.74, 6) is 0. The average Bonchev–Trinajstić information content (AvgIpc) is 2.69. The molecule has 1 unspecified atom stereocenters. The van der Waals surface area contributed by atoms with E-state index in [0.29, 0.717) is 5.03 Å². The van der Waals surface area contributed by atoms with Crippen molar-refractivity contribution in [2.24, 2.45) is 0 Å². The zero-order valence-corrected chi connectivity index (χ0v) is 11.2. The summed E-state index contributed by atoms with van der Waals surface area (Å²) in [5.41, 5.74) is 0. The number of hydrogen-bond donors (Lipinski definition) is 1. The Kier molecular flexibility index (Phi) is 5.18. The first-order valence-electron chi connectivity index (χ1n) is 4.51. The molecule has 0 aromatic carbocycles. The van der Waals surface area contributed by atoms with Crippen LogP contribution < -0.4 is 5.32 Å². The second kappa shape index (κ2) is 5.94. The minimum Gasteiger partial charge on any atom is -0.315 e. The van der Waals surface area contributed by atoms with Gasteiger partial charge in [-0.05, 0) is 41.0 Å². The van der Waals surface area contributed by atoms with E-state index in [9.17, 15) is 4.21 Å². The van der Waals surface area contributed by atoms with Crippen molar-refractivity contribution in [1.29, 1.82) is 0 Å². The van der Waals surface area contributed by atoms with Gasteiger partial charge in [0.05, 0.1) is 16.0 Å². The van der Waals surface area contributed by atoms with E-state index in [-0.39, 0.29) is 17.7 Å². The smallest absolute Gasteiger partial charge is 0.128 e. The Labute approximate surface area is 106 Å². The number of nitrogens with one attached hydrogen (secondary N) is 1. The molecule has 1 N–H and O–H groups in total. The van der Waals surface area contributed by atoms with Crippen molar-refractivity contribution in [3.05, 3.63) is 22.8 Å². The van der Waals surface area contributed by atoms with Gasteiger partial charge >= 0.3 is 0 Å². The first-order valence-corrected chi connectivity index (χ1v) is 6.52. The average molecular weight is 312 g/mol. The normalized spacial score (nSPS) is 22.1. The van der Waals surface area contributed by atoms with Crippen LogP contribution in [0.25, 0.3) is 0 Å². The van der Waals surface area contributed by atoms with E-state index in [1.54, 1.807) is 0 Å². The maximum atomic E-state index is 12.0. The Hall–Kier alpha value is 0.0300. The van der Waals surface area contributed by atoms with Crippen molar-refractivity contribution in [1.82, 2.24) is 10.3 Å². The zero-order chi connectivity index (χ0) is 9.97. The van der Waals surface area contributed by atoms with Gasteiger partial charge < -0.3 is 5.32 Å². The number of halogens is 2. The Morgan fingerprint density at radius 1 is 1.53 bits per heavy atom. The minimum atomic E-state index is -0.973. The summed E-state index contributed by atoms with van der Waals surface area (Å²) in [4.78, 5) is 4.21. The van der Waals surface area contributed by atoms with Crippen LogP contribution >= 0.6 is 28.3 Å². The molecule has 3 nitrogen and oxygen atoms in total. The van der Waals surface area contributed by atoms with Gasteiger partial charge in [0.15, 0.2) is 0 Å². The van der Waals surface area contributed by atoms with E-state index in [1.807, 2.05) is 18.2 Å². The van der Waals surface area contributed by atoms with Crippen molar-refractivity contribution < 1.29 is 4.21 Å². The molecule has 1 aromatic rings. The van der Waals surface area contributed by atoms with E-state index < -0.39 is 10.8 Å². The molecule has 84 valence electrons. The highest BCUT2D eigenvalue weighted by Crippen LogP contribution is 2.16. The van der Waals surface area contributed by atoms with Gasteiger partial charge in [0.25, 0.3) is 0 Å². The molecule has 0 saturated carbocycles. The van der Waals surface area contributed by atoms with Crippen LogP contribution in [0, 0.1) is 0 Å². The van der Waals surface area contributed by atoms with E-state index in [2.05, 4.69) is 26.2 Å². The Morgan fingerprint density at radius 3 is 2.93 bits per heavy atom. The third kappa shape index (κ3) is 3.24. The molecule has 1 aliphatic heterocycles. The Balaban J connectivity index is 0.00000112. The fourth-order valence-corrected chi connectivity index (χ4v) is 3.29. The molecule has 1 aromatic heterocycles. The highest BCUT2D eigenvalue weighted by atomic mass is 79.9. The SMILES string of the molecule is Cl.O=S(c1cccc(Br)n1)[C@H]1CCNC1. The van der Waals surface area contributed by atoms with Gasteiger partial charge in [-0.2, -0.15) is 0 Å². The predicted octanol–water partition coefficient (Wildman–Crippen LogP) is 1.74. The summed E-state index contributed by atoms with van der Waals surface area (Å²) < 4.78 is 12.7. The van der Waals surface area contributed by atoms with Gasteiger partial charge in [-0.1, -0.05) is 6.07 Å². The van der Waals surface area contributed by atoms with E-state index in [4.69, 9.17) is 0 Å². The standard InChI is InChI=1S/C9H11BrN2OS.ClH/c10-8-2-1-3-9(12-8)14(13)7-4-5-11-6-7;/h1-3,7,11H,4-6H2;1H/t7-,14?;/m0./s1. The largest absolute Gasteiger partial charge is 0.315 e. The molecule has 1 fully saturated rings. The lowest BCUT2D eigenvalue weighted by Crippen LogP contribution is -2.19. The molecular weight excluding hydrogens is 300 g/mol. The lowest BCUT2D eigenvalue weighted by Gasteiger charge is -2.07. The summed E-state index contributed by atoms with van der Waals surface area (Å²) in [5, 5.41) is 4.10. The Morgan fingerprint density at radius 2 is 2.33 bits per heavy atom. The van der Waals surface area contributed by atoms with Crippen molar-refractivity contribution in [3.8, 4) is 0 Å². The first-order chi connectivity index (χ1) is 6.77. The minimum absolute atomic E-state index is 0. The topological polar surface area (TPSA) is 42.0 Å². The van der Waals surface area contributed by atoms with E-state index in [0.717, 1.165) is 24.1 Å². The van der Waals surface area contributed by atoms with Crippen LogP contribution in [0.1, 0.15) is 6.42 Å². The maximum absolute atomic E-state index is 12.0. The maximum Gasteiger partial charge on any atom is 0.128 e. The summed E-state index contributed by atoms with van der Waals surface area (Å²) in [7, 11) is -0.973. The summed E-state index contributed by atoms with van der Waals surface area (Å²) in [6.45, 7) is 1.80. The highest BCUT2D eigenvalue weighted by molar-refractivity contribution is 9.10. The molecule has 0 spiro atoms. The molecule has 0 amide bonds. The van der Waals surface area contributed by atoms with E-state index in [1.165, 1.54) is 0 Å². The first kappa shape index (κ1) is 13.1. The molecular formula is C9H12BrClN2OS. The van der Waals surface area contributed by atoms with Gasteiger partial charge in [0.1, 0.15) is 9.63 Å². The number of rotatable bonds is 2. The summed E-state index contributed by atoms with van der Waals surface area (Å²) in [6.07, 6.45) is 0.973. The third-order valence-corrected chi connectivity index (χ3v) is 4.30. The van der Waals surface area contributed by atoms with Crippen molar-refractivity contribution in [2.75, 3.05) is 13.1 Å². The van der Waals surface area contributed by atoms with Gasteiger partial charge in [-0.15, -0.1) is 12.4 Å². The zero-order valence-electron chi connectivity index (χ0n) is 7.98. The van der Waals surface area contributed by atoms with Gasteiger partial charge in [-0.3, -0.25) is 4.21 Å². The second-order valence-corrected chi connectivity index (χ2v) is 5.70. The van der Waals surface area contributed by atoms with Crippen molar-refractivity contribution in [2.45, 2.75) is 16.7 Å². The molecule has 0 aliphatic carbocycles. The van der Waals surface area contributed by atoms with Gasteiger partial charge in [0.2, 0.25) is 0 Å². The second-order valence-electron chi connectivity index (χ2n) is 3.21. The lowest BCUT2D eigenvalue weighted by atomic mass is 10.4. The molecule has 2 atom stereocenters. The fraction of sp³-hybridized carbons (Fsp3) is 0.444. The molecule has 2 heterocycles. The summed E-state index contributed by atoms with van der Waals surface area (Å²) in [6, 6.07) is 5.53. The molecule has 15 heavy (non-hydrogen) atoms. The molecule has 1 saturated heterocycles. The number of hydrogen-bond acceptors (Lipinski definition) is 3. The molecule has 2 rings (SSSR count). The fourth-order valence-electron chi connectivity index (χ4n) is 1.48. The van der Waals surface area contributed by atoms with Crippen LogP contribution in [0.2, 0.25) is 0 Å². The quantitative estimate of drug-likeness (QED) is 0.846. The predicted molar refractivity (Wildman–Crippen MR) is 66.9 cm³/mol. The van der Waals surface area contributed by atoms with Crippen LogP contribution in [0.3, 0.4) is 0 Å². The van der Waals surface area contributed by atoms with E-state index >= 15 is 0 Å². The van der Waals surface area contributed by atoms with Gasteiger partial charge in [0, 0.05) is 6.54 Å². The molecule has 6 heteroatoms. The van der Waals surface area contributed by atoms with Crippen LogP contribution in [-0.4, -0.2) is 27.5 Å². The monoisotopic (exact) mass is 310 g/mol. The lowest BCUT2D eigenvalue weighted by molar-refractivity contribution is 0.669. The van der Waals surface area contributed by atoms with Crippen LogP contribution in [0.4, 0.5) is 0 Å². The van der Waals surface area contributed by atoms with Crippen LogP contribution in [-0.2, 0) is 10.8 Å². The van der Waals surface area contributed by atoms with Crippen molar-refractivity contribution in [3.63, 3.8) is 0 Å². The van der Waals surface area contributed by atoms with Gasteiger partial charge in [-0.25, -0.2) is 4.98 Å². The number of pyridine rings is 1. The molecule has 1 aliphatic rings. The third-order valence-electron chi connectivity index (χ3n) is 2.21. The highest BCUT2D eigenvalue weighted by Gasteiger charge is 2.23. The number of aromatic nitrogens is 1. The number of nitrogens with zero attached hydrogens (tertiary/aromatic N) is 1. The van der Waals surface area contributed by atoms with Crippen LogP contribution in [0.15, 0.2) is 27.8 Å². The van der Waals surface area contributed by atoms with Crippen LogP contribution in [0.5, 0.6) is 0 Å². The van der Waals surface area contributed by atoms with Crippen molar-refractivity contribution >= 4 is 39.1 Å². The Bertz CT molecular complexity index is 358.